The lowest BCUT2D eigenvalue weighted by molar-refractivity contribution is -0.242. The summed E-state index contributed by atoms with van der Waals surface area (Å²) < 4.78 is 64.1. The van der Waals surface area contributed by atoms with Gasteiger partial charge in [-0.15, -0.1) is 0 Å². The van der Waals surface area contributed by atoms with E-state index in [4.69, 9.17) is 17.3 Å². The molecule has 0 unspecified atom stereocenters. The van der Waals surface area contributed by atoms with Crippen molar-refractivity contribution < 1.29 is 36.3 Å². The number of primary amides is 1. The molecule has 2 aromatic carbocycles. The number of anilines is 2. The first-order valence-corrected chi connectivity index (χ1v) is 9.84. The van der Waals surface area contributed by atoms with Gasteiger partial charge in [0.05, 0.1) is 26.2 Å². The van der Waals surface area contributed by atoms with Gasteiger partial charge in [0.1, 0.15) is 0 Å². The monoisotopic (exact) mass is 465 g/mol. The van der Waals surface area contributed by atoms with E-state index in [1.165, 1.54) is 24.3 Å². The first kappa shape index (κ1) is 23.4. The highest BCUT2D eigenvalue weighted by molar-refractivity contribution is 7.91. The zero-order chi connectivity index (χ0) is 22.9. The molecule has 0 aliphatic carbocycles. The first-order chi connectivity index (χ1) is 13.7. The summed E-state index contributed by atoms with van der Waals surface area (Å²) in [5, 5.41) is 13.0. The number of benzene rings is 2. The van der Waals surface area contributed by atoms with Crippen LogP contribution in [0.1, 0.15) is 6.92 Å². The van der Waals surface area contributed by atoms with Crippen molar-refractivity contribution in [3.8, 4) is 0 Å². The SMILES string of the molecule is C[C@@](O)(C(=O)Nc1ccc(S(=O)(=O)c2ccccc2NC(N)=O)cc1Cl)C(F)(F)F. The summed E-state index contributed by atoms with van der Waals surface area (Å²) >= 11 is 5.92. The standard InChI is InChI=1S/C17H15ClF3N3O5S/c1-16(27,17(19,20)21)14(25)23-11-7-6-9(8-10(11)18)30(28,29)13-5-3-2-4-12(13)24-15(22)26/h2-8,27H,1H3,(H,23,25)(H3,22,24,26)/t16-/m1/s1. The van der Waals surface area contributed by atoms with Crippen LogP contribution in [0.25, 0.3) is 0 Å². The molecule has 30 heavy (non-hydrogen) atoms. The summed E-state index contributed by atoms with van der Waals surface area (Å²) in [6.07, 6.45) is -5.25. The molecule has 2 aromatic rings. The lowest BCUT2D eigenvalue weighted by Gasteiger charge is -2.25. The smallest absolute Gasteiger partial charge is 0.373 e. The normalized spacial score (nSPS) is 13.9. The van der Waals surface area contributed by atoms with Crippen LogP contribution < -0.4 is 16.4 Å². The molecule has 0 bridgehead atoms. The summed E-state index contributed by atoms with van der Waals surface area (Å²) in [5.41, 5.74) is 0.880. The van der Waals surface area contributed by atoms with Gasteiger partial charge < -0.3 is 21.5 Å². The van der Waals surface area contributed by atoms with E-state index < -0.39 is 38.6 Å². The number of carbonyl (C=O) groups is 2. The molecule has 2 rings (SSSR count). The summed E-state index contributed by atoms with van der Waals surface area (Å²) in [6, 6.07) is 7.21. The van der Waals surface area contributed by atoms with Crippen LogP contribution in [-0.4, -0.2) is 37.2 Å². The summed E-state index contributed by atoms with van der Waals surface area (Å²) in [6.45, 7) is 0.262. The molecule has 0 radical (unpaired) electrons. The minimum atomic E-state index is -5.25. The average Bonchev–Trinajstić information content (AvgIpc) is 2.62. The topological polar surface area (TPSA) is 139 Å². The van der Waals surface area contributed by atoms with Crippen molar-refractivity contribution >= 4 is 44.8 Å². The fraction of sp³-hybridized carbons (Fsp3) is 0.176. The third-order valence-corrected chi connectivity index (χ3v) is 6.05. The van der Waals surface area contributed by atoms with E-state index in [1.807, 2.05) is 0 Å². The fourth-order valence-corrected chi connectivity index (χ4v) is 3.93. The maximum Gasteiger partial charge on any atom is 0.426 e. The van der Waals surface area contributed by atoms with E-state index in [0.29, 0.717) is 0 Å². The summed E-state index contributed by atoms with van der Waals surface area (Å²) in [7, 11) is -4.23. The van der Waals surface area contributed by atoms with Crippen LogP contribution in [-0.2, 0) is 14.6 Å². The van der Waals surface area contributed by atoms with Gasteiger partial charge in [0.2, 0.25) is 15.4 Å². The lowest BCUT2D eigenvalue weighted by atomic mass is 10.1. The molecule has 5 N–H and O–H groups in total. The Hall–Kier alpha value is -2.83. The number of rotatable bonds is 5. The van der Waals surface area contributed by atoms with Crippen LogP contribution in [0.15, 0.2) is 52.3 Å². The molecule has 162 valence electrons. The van der Waals surface area contributed by atoms with E-state index >= 15 is 0 Å². The molecule has 3 amide bonds. The Morgan fingerprint density at radius 2 is 1.67 bits per heavy atom. The van der Waals surface area contributed by atoms with Crippen LogP contribution in [0.2, 0.25) is 5.02 Å². The van der Waals surface area contributed by atoms with Gasteiger partial charge in [-0.3, -0.25) is 4.79 Å². The fourth-order valence-electron chi connectivity index (χ4n) is 2.20. The van der Waals surface area contributed by atoms with Gasteiger partial charge in [0, 0.05) is 0 Å². The van der Waals surface area contributed by atoms with E-state index in [2.05, 4.69) is 5.32 Å². The van der Waals surface area contributed by atoms with Crippen molar-refractivity contribution in [1.82, 2.24) is 0 Å². The third kappa shape index (κ3) is 4.66. The number of halogens is 4. The van der Waals surface area contributed by atoms with Crippen molar-refractivity contribution in [3.63, 3.8) is 0 Å². The van der Waals surface area contributed by atoms with Crippen molar-refractivity contribution in [1.29, 1.82) is 0 Å². The van der Waals surface area contributed by atoms with E-state index in [-0.39, 0.29) is 28.1 Å². The number of alkyl halides is 3. The van der Waals surface area contributed by atoms with Crippen LogP contribution in [0.4, 0.5) is 29.3 Å². The minimum Gasteiger partial charge on any atom is -0.373 e. The molecule has 8 nitrogen and oxygen atoms in total. The molecule has 1 atom stereocenters. The second kappa shape index (κ2) is 8.13. The molecule has 0 heterocycles. The van der Waals surface area contributed by atoms with Crippen molar-refractivity contribution in [2.75, 3.05) is 10.6 Å². The Labute approximate surface area is 173 Å². The highest BCUT2D eigenvalue weighted by Gasteiger charge is 2.55. The Kier molecular flexibility index (Phi) is 6.35. The van der Waals surface area contributed by atoms with E-state index in [1.54, 1.807) is 5.32 Å². The highest BCUT2D eigenvalue weighted by atomic mass is 35.5. The number of nitrogens with one attached hydrogen (secondary N) is 2. The molecule has 0 aromatic heterocycles. The minimum absolute atomic E-state index is 0.0975. The first-order valence-electron chi connectivity index (χ1n) is 7.98. The largest absolute Gasteiger partial charge is 0.426 e. The zero-order valence-electron chi connectivity index (χ0n) is 15.1. The average molecular weight is 466 g/mol. The van der Waals surface area contributed by atoms with Crippen LogP contribution in [0, 0.1) is 0 Å². The predicted molar refractivity (Wildman–Crippen MR) is 102 cm³/mol. The second-order valence-corrected chi connectivity index (χ2v) is 8.48. The van der Waals surface area contributed by atoms with Gasteiger partial charge in [0.15, 0.2) is 0 Å². The highest BCUT2D eigenvalue weighted by Crippen LogP contribution is 2.34. The Morgan fingerprint density at radius 3 is 2.20 bits per heavy atom. The van der Waals surface area contributed by atoms with E-state index in [9.17, 15) is 36.3 Å². The van der Waals surface area contributed by atoms with Crippen LogP contribution >= 0.6 is 11.6 Å². The second-order valence-electron chi connectivity index (χ2n) is 6.15. The predicted octanol–water partition coefficient (Wildman–Crippen LogP) is 2.92. The Bertz CT molecular complexity index is 1100. The number of para-hydroxylation sites is 1. The number of nitrogens with two attached hydrogens (primary N) is 1. The zero-order valence-corrected chi connectivity index (χ0v) is 16.7. The van der Waals surface area contributed by atoms with Gasteiger partial charge in [-0.1, -0.05) is 23.7 Å². The summed E-state index contributed by atoms with van der Waals surface area (Å²) in [5.74, 6) is -1.80. The molecule has 0 spiro atoms. The van der Waals surface area contributed by atoms with Gasteiger partial charge in [-0.05, 0) is 37.3 Å². The van der Waals surface area contributed by atoms with Gasteiger partial charge in [-0.25, -0.2) is 13.2 Å². The number of hydrogen-bond acceptors (Lipinski definition) is 5. The number of urea groups is 1. The van der Waals surface area contributed by atoms with Gasteiger partial charge in [0.25, 0.3) is 5.91 Å². The number of carbonyl (C=O) groups excluding carboxylic acids is 2. The van der Waals surface area contributed by atoms with Crippen molar-refractivity contribution in [3.05, 3.63) is 47.5 Å². The van der Waals surface area contributed by atoms with Crippen molar-refractivity contribution in [2.45, 2.75) is 28.5 Å². The number of sulfone groups is 1. The van der Waals surface area contributed by atoms with Crippen LogP contribution in [0.5, 0.6) is 0 Å². The molecule has 0 aliphatic rings. The molecule has 0 aliphatic heterocycles. The molecular formula is C17H15ClF3N3O5S. The lowest BCUT2D eigenvalue weighted by Crippen LogP contribution is -2.52. The quantitative estimate of drug-likeness (QED) is 0.537. The van der Waals surface area contributed by atoms with Crippen LogP contribution in [0.3, 0.4) is 0 Å². The Morgan fingerprint density at radius 1 is 1.07 bits per heavy atom. The summed E-state index contributed by atoms with van der Waals surface area (Å²) in [4.78, 5) is 22.2. The van der Waals surface area contributed by atoms with Gasteiger partial charge in [-0.2, -0.15) is 13.2 Å². The maximum atomic E-state index is 12.9. The number of aliphatic hydroxyl groups is 1. The van der Waals surface area contributed by atoms with E-state index in [0.717, 1.165) is 18.2 Å². The molecule has 0 saturated carbocycles. The molecule has 0 fully saturated rings. The number of amides is 3. The Balaban J connectivity index is 2.40. The molecular weight excluding hydrogens is 451 g/mol. The molecule has 0 saturated heterocycles. The number of hydrogen-bond donors (Lipinski definition) is 4. The molecule has 13 heteroatoms. The van der Waals surface area contributed by atoms with Gasteiger partial charge >= 0.3 is 12.2 Å². The maximum absolute atomic E-state index is 12.9. The third-order valence-electron chi connectivity index (χ3n) is 3.93. The van der Waals surface area contributed by atoms with Crippen molar-refractivity contribution in [2.24, 2.45) is 5.73 Å².